The number of imide groups is 1. The summed E-state index contributed by atoms with van der Waals surface area (Å²) in [6.07, 6.45) is 6.75. The Balaban J connectivity index is 1.51. The fraction of sp³-hybridized carbons (Fsp3) is 0.474. The molecule has 28 heavy (non-hydrogen) atoms. The molecule has 9 heteroatoms. The Hall–Kier alpha value is -2.57. The molecule has 1 aromatic carbocycles. The van der Waals surface area contributed by atoms with Crippen molar-refractivity contribution >= 4 is 22.0 Å². The number of sulfonamides is 1. The number of amides is 3. The molecule has 0 bridgehead atoms. The van der Waals surface area contributed by atoms with E-state index in [2.05, 4.69) is 21.3 Å². The average Bonchev–Trinajstić information content (AvgIpc) is 2.67. The predicted octanol–water partition coefficient (Wildman–Crippen LogP) is 0.537. The third-order valence-electron chi connectivity index (χ3n) is 5.09. The van der Waals surface area contributed by atoms with E-state index in [0.717, 1.165) is 5.56 Å². The van der Waals surface area contributed by atoms with Crippen molar-refractivity contribution < 1.29 is 22.7 Å². The van der Waals surface area contributed by atoms with Crippen LogP contribution in [0.2, 0.25) is 0 Å². The molecule has 2 aliphatic rings. The Morgan fingerprint density at radius 2 is 1.96 bits per heavy atom. The largest absolute Gasteiger partial charge is 0.481 e. The lowest BCUT2D eigenvalue weighted by Gasteiger charge is -2.38. The van der Waals surface area contributed by atoms with Gasteiger partial charge in [0.1, 0.15) is 12.4 Å². The first-order valence-electron chi connectivity index (χ1n) is 9.14. The molecule has 3 unspecified atom stereocenters. The van der Waals surface area contributed by atoms with Gasteiger partial charge in [-0.1, -0.05) is 18.1 Å². The van der Waals surface area contributed by atoms with E-state index in [1.165, 1.54) is 0 Å². The Labute approximate surface area is 164 Å². The molecule has 2 fully saturated rings. The molecule has 1 aliphatic heterocycles. The van der Waals surface area contributed by atoms with Crippen molar-refractivity contribution in [3.63, 3.8) is 0 Å². The molecule has 0 aromatic heterocycles. The number of hydrogen-bond acceptors (Lipinski definition) is 5. The summed E-state index contributed by atoms with van der Waals surface area (Å²) >= 11 is 0. The van der Waals surface area contributed by atoms with E-state index in [0.29, 0.717) is 25.0 Å². The third-order valence-corrected chi connectivity index (χ3v) is 7.01. The van der Waals surface area contributed by atoms with Gasteiger partial charge in [0.15, 0.2) is 0 Å². The molecule has 3 N–H and O–H groups in total. The number of carbonyl (C=O) groups is 2. The maximum Gasteiger partial charge on any atom is 0.321 e. The summed E-state index contributed by atoms with van der Waals surface area (Å²) in [6.45, 7) is 0.463. The van der Waals surface area contributed by atoms with Crippen molar-refractivity contribution in [1.82, 2.24) is 15.4 Å². The number of fused-ring (bicyclic) bond motifs is 1. The van der Waals surface area contributed by atoms with Crippen LogP contribution in [0.3, 0.4) is 0 Å². The van der Waals surface area contributed by atoms with Crippen LogP contribution in [0.25, 0.3) is 0 Å². The van der Waals surface area contributed by atoms with E-state index in [1.54, 1.807) is 12.1 Å². The Bertz CT molecular complexity index is 876. The van der Waals surface area contributed by atoms with Crippen molar-refractivity contribution in [3.05, 3.63) is 29.8 Å². The molecule has 0 radical (unpaired) electrons. The molecule has 150 valence electrons. The number of hydrogen-bond donors (Lipinski definition) is 3. The Kier molecular flexibility index (Phi) is 6.21. The number of benzene rings is 1. The number of nitrogens with one attached hydrogen (secondary N) is 3. The van der Waals surface area contributed by atoms with Crippen LogP contribution in [0.15, 0.2) is 24.3 Å². The van der Waals surface area contributed by atoms with Crippen LogP contribution >= 0.6 is 0 Å². The fourth-order valence-electron chi connectivity index (χ4n) is 3.62. The van der Waals surface area contributed by atoms with Gasteiger partial charge in [-0.05, 0) is 43.4 Å². The van der Waals surface area contributed by atoms with Crippen molar-refractivity contribution in [2.75, 3.05) is 13.2 Å². The lowest BCUT2D eigenvalue weighted by Crippen LogP contribution is -2.61. The quantitative estimate of drug-likeness (QED) is 0.573. The normalized spacial score (nSPS) is 24.5. The molecule has 3 amide bonds. The first-order chi connectivity index (χ1) is 13.4. The molecule has 1 heterocycles. The van der Waals surface area contributed by atoms with Crippen molar-refractivity contribution in [2.45, 2.75) is 37.0 Å². The zero-order chi connectivity index (χ0) is 20.1. The van der Waals surface area contributed by atoms with Crippen LogP contribution in [0.4, 0.5) is 4.79 Å². The van der Waals surface area contributed by atoms with Gasteiger partial charge in [-0.25, -0.2) is 17.9 Å². The molecule has 0 spiro atoms. The first kappa shape index (κ1) is 20.2. The summed E-state index contributed by atoms with van der Waals surface area (Å²) in [6, 6.07) is 6.50. The summed E-state index contributed by atoms with van der Waals surface area (Å²) in [5.74, 6) is 2.14. The number of carbonyl (C=O) groups excluding carboxylic acids is 2. The van der Waals surface area contributed by atoms with Crippen molar-refractivity contribution in [2.24, 2.45) is 5.92 Å². The minimum Gasteiger partial charge on any atom is -0.481 e. The van der Waals surface area contributed by atoms with Gasteiger partial charge in [-0.15, -0.1) is 6.42 Å². The van der Waals surface area contributed by atoms with E-state index in [9.17, 15) is 18.0 Å². The molecule has 8 nitrogen and oxygen atoms in total. The third kappa shape index (κ3) is 4.82. The number of rotatable bonds is 7. The van der Waals surface area contributed by atoms with E-state index < -0.39 is 33.1 Å². The topological polar surface area (TPSA) is 114 Å². The highest BCUT2D eigenvalue weighted by molar-refractivity contribution is 7.90. The molecule has 1 saturated heterocycles. The van der Waals surface area contributed by atoms with E-state index in [1.807, 2.05) is 12.1 Å². The summed E-state index contributed by atoms with van der Waals surface area (Å²) in [4.78, 5) is 23.4. The first-order valence-corrected chi connectivity index (χ1v) is 10.7. The molecule has 1 saturated carbocycles. The van der Waals surface area contributed by atoms with Gasteiger partial charge < -0.3 is 10.1 Å². The monoisotopic (exact) mass is 405 g/mol. The second kappa shape index (κ2) is 8.63. The summed E-state index contributed by atoms with van der Waals surface area (Å²) < 4.78 is 33.2. The summed E-state index contributed by atoms with van der Waals surface area (Å²) in [7, 11) is -3.55. The van der Waals surface area contributed by atoms with Gasteiger partial charge >= 0.3 is 6.03 Å². The minimum atomic E-state index is -3.55. The zero-order valence-electron chi connectivity index (χ0n) is 15.3. The minimum absolute atomic E-state index is 0.199. The molecule has 1 aromatic rings. The second-order valence-electron chi connectivity index (χ2n) is 6.94. The van der Waals surface area contributed by atoms with Gasteiger partial charge in [-0.3, -0.25) is 10.1 Å². The Morgan fingerprint density at radius 3 is 2.68 bits per heavy atom. The van der Waals surface area contributed by atoms with Crippen LogP contribution in [0.5, 0.6) is 5.75 Å². The van der Waals surface area contributed by atoms with Crippen molar-refractivity contribution in [1.29, 1.82) is 0 Å². The van der Waals surface area contributed by atoms with Crippen LogP contribution in [0.1, 0.15) is 24.8 Å². The maximum atomic E-state index is 12.6. The molecule has 3 atom stereocenters. The second-order valence-corrected chi connectivity index (χ2v) is 8.98. The van der Waals surface area contributed by atoms with Crippen LogP contribution < -0.4 is 20.1 Å². The van der Waals surface area contributed by atoms with E-state index in [-0.39, 0.29) is 25.6 Å². The maximum absolute atomic E-state index is 12.6. The molecule has 3 rings (SSSR count). The van der Waals surface area contributed by atoms with Crippen LogP contribution in [-0.4, -0.2) is 44.8 Å². The molecular weight excluding hydrogens is 382 g/mol. The van der Waals surface area contributed by atoms with Gasteiger partial charge in [0.05, 0.1) is 11.2 Å². The van der Waals surface area contributed by atoms with Crippen LogP contribution in [-0.2, 0) is 21.2 Å². The highest BCUT2D eigenvalue weighted by Crippen LogP contribution is 2.30. The van der Waals surface area contributed by atoms with Gasteiger partial charge in [0, 0.05) is 12.6 Å². The standard InChI is InChI=1S/C19H23N3O5S/c1-2-11-27-14-5-3-13(4-6-14)9-10-20-28(25,26)15-7-8-17-16(12-15)18(23)22-19(24)21-17/h1,3-6,15-17,20H,7-12H2,(H2,21,22,23,24). The number of ether oxygens (including phenoxy) is 1. The summed E-state index contributed by atoms with van der Waals surface area (Å²) in [5.41, 5.74) is 0.967. The van der Waals surface area contributed by atoms with Gasteiger partial charge in [-0.2, -0.15) is 0 Å². The number of urea groups is 1. The Morgan fingerprint density at radius 1 is 1.21 bits per heavy atom. The molecule has 1 aliphatic carbocycles. The smallest absolute Gasteiger partial charge is 0.321 e. The predicted molar refractivity (Wildman–Crippen MR) is 103 cm³/mol. The van der Waals surface area contributed by atoms with Gasteiger partial charge in [0.25, 0.3) is 0 Å². The highest BCUT2D eigenvalue weighted by Gasteiger charge is 2.43. The van der Waals surface area contributed by atoms with Crippen molar-refractivity contribution in [3.8, 4) is 18.1 Å². The summed E-state index contributed by atoms with van der Waals surface area (Å²) in [5, 5.41) is 4.26. The molecular formula is C19H23N3O5S. The highest BCUT2D eigenvalue weighted by atomic mass is 32.2. The lowest BCUT2D eigenvalue weighted by atomic mass is 9.82. The number of terminal acetylenes is 1. The fourth-order valence-corrected chi connectivity index (χ4v) is 5.15. The van der Waals surface area contributed by atoms with Gasteiger partial charge in [0.2, 0.25) is 15.9 Å². The van der Waals surface area contributed by atoms with E-state index in [4.69, 9.17) is 11.2 Å². The van der Waals surface area contributed by atoms with Crippen LogP contribution in [0, 0.1) is 18.3 Å². The lowest BCUT2D eigenvalue weighted by molar-refractivity contribution is -0.126. The zero-order valence-corrected chi connectivity index (χ0v) is 16.1. The average molecular weight is 405 g/mol. The van der Waals surface area contributed by atoms with E-state index >= 15 is 0 Å². The SMILES string of the molecule is C#CCOc1ccc(CCNS(=O)(=O)C2CCC3NC(=O)NC(=O)C3C2)cc1.